The highest BCUT2D eigenvalue weighted by Gasteiger charge is 2.24. The number of ether oxygens (including phenoxy) is 2. The van der Waals surface area contributed by atoms with Crippen LogP contribution < -0.4 is 10.3 Å². The zero-order chi connectivity index (χ0) is 20.5. The Balaban J connectivity index is 1.60. The molecule has 1 unspecified atom stereocenters. The fraction of sp³-hybridized carbons (Fsp3) is 0.478. The van der Waals surface area contributed by atoms with E-state index in [1.54, 1.807) is 34.8 Å². The number of fused-ring (bicyclic) bond motifs is 3. The first-order valence-corrected chi connectivity index (χ1v) is 12.5. The maximum atomic E-state index is 13.7. The minimum absolute atomic E-state index is 0.0524. The lowest BCUT2D eigenvalue weighted by atomic mass is 9.97. The van der Waals surface area contributed by atoms with E-state index in [-0.39, 0.29) is 11.7 Å². The summed E-state index contributed by atoms with van der Waals surface area (Å²) in [5.41, 5.74) is 2.11. The molecule has 3 aromatic rings. The van der Waals surface area contributed by atoms with E-state index in [0.29, 0.717) is 0 Å². The van der Waals surface area contributed by atoms with Crippen LogP contribution in [0.1, 0.15) is 42.5 Å². The van der Waals surface area contributed by atoms with Crippen LogP contribution in [0.25, 0.3) is 15.9 Å². The van der Waals surface area contributed by atoms with Gasteiger partial charge in [-0.05, 0) is 74.8 Å². The normalized spacial score (nSPS) is 19.0. The van der Waals surface area contributed by atoms with Crippen LogP contribution in [0, 0.1) is 0 Å². The number of methoxy groups -OCH3 is 1. The fourth-order valence-corrected chi connectivity index (χ4v) is 6.73. The molecule has 2 aliphatic rings. The number of benzene rings is 1. The van der Waals surface area contributed by atoms with E-state index in [4.69, 9.17) is 14.5 Å². The summed E-state index contributed by atoms with van der Waals surface area (Å²) in [6.07, 6.45) is 8.06. The number of hydrogen-bond acceptors (Lipinski definition) is 6. The molecular formula is C23H26N2O3S2. The van der Waals surface area contributed by atoms with Crippen molar-refractivity contribution in [3.8, 4) is 11.4 Å². The van der Waals surface area contributed by atoms with Crippen molar-refractivity contribution < 1.29 is 9.47 Å². The van der Waals surface area contributed by atoms with Gasteiger partial charge in [0.25, 0.3) is 5.56 Å². The third kappa shape index (κ3) is 3.79. The van der Waals surface area contributed by atoms with E-state index in [0.717, 1.165) is 71.3 Å². The number of nitrogens with zero attached hydrogens (tertiary/aromatic N) is 2. The van der Waals surface area contributed by atoms with Gasteiger partial charge in [-0.3, -0.25) is 9.36 Å². The number of hydrogen-bond donors (Lipinski definition) is 0. The molecule has 1 saturated heterocycles. The molecule has 0 amide bonds. The predicted molar refractivity (Wildman–Crippen MR) is 123 cm³/mol. The molecule has 1 aromatic carbocycles. The van der Waals surface area contributed by atoms with Crippen molar-refractivity contribution in [3.63, 3.8) is 0 Å². The van der Waals surface area contributed by atoms with Gasteiger partial charge in [0.1, 0.15) is 10.6 Å². The van der Waals surface area contributed by atoms with Crippen LogP contribution in [0.4, 0.5) is 0 Å². The Kier molecular flexibility index (Phi) is 5.85. The number of aryl methyl sites for hydroxylation is 2. The zero-order valence-electron chi connectivity index (χ0n) is 17.2. The minimum atomic E-state index is 0.0524. The molecule has 158 valence electrons. The molecule has 0 radical (unpaired) electrons. The second kappa shape index (κ2) is 8.73. The molecule has 1 atom stereocenters. The van der Waals surface area contributed by atoms with Crippen LogP contribution in [0.15, 0.2) is 34.2 Å². The summed E-state index contributed by atoms with van der Waals surface area (Å²) in [7, 11) is 1.65. The molecule has 1 fully saturated rings. The predicted octanol–water partition coefficient (Wildman–Crippen LogP) is 5.00. The van der Waals surface area contributed by atoms with Crippen molar-refractivity contribution in [2.75, 3.05) is 19.5 Å². The first-order chi connectivity index (χ1) is 14.7. The van der Waals surface area contributed by atoms with Crippen molar-refractivity contribution in [2.24, 2.45) is 0 Å². The van der Waals surface area contributed by atoms with Crippen molar-refractivity contribution in [1.29, 1.82) is 0 Å². The Bertz CT molecular complexity index is 1100. The van der Waals surface area contributed by atoms with E-state index in [9.17, 15) is 4.79 Å². The SMILES string of the molecule is COc1ccc(-n2c(SCC3CCCCO3)nc3sc4c(c3c2=O)CCCC4)cc1. The maximum Gasteiger partial charge on any atom is 0.267 e. The summed E-state index contributed by atoms with van der Waals surface area (Å²) in [5, 5.41) is 1.58. The summed E-state index contributed by atoms with van der Waals surface area (Å²) in [6.45, 7) is 0.834. The summed E-state index contributed by atoms with van der Waals surface area (Å²) in [5.74, 6) is 1.60. The Morgan fingerprint density at radius 2 is 2.03 bits per heavy atom. The van der Waals surface area contributed by atoms with Crippen LogP contribution in [-0.2, 0) is 17.6 Å². The van der Waals surface area contributed by atoms with Gasteiger partial charge in [0.2, 0.25) is 0 Å². The quantitative estimate of drug-likeness (QED) is 0.411. The number of aromatic nitrogens is 2. The maximum absolute atomic E-state index is 13.7. The topological polar surface area (TPSA) is 53.4 Å². The molecule has 3 heterocycles. The third-order valence-electron chi connectivity index (χ3n) is 5.96. The first kappa shape index (κ1) is 20.1. The highest BCUT2D eigenvalue weighted by Crippen LogP contribution is 2.35. The lowest BCUT2D eigenvalue weighted by Crippen LogP contribution is -2.24. The second-order valence-electron chi connectivity index (χ2n) is 7.92. The van der Waals surface area contributed by atoms with Gasteiger partial charge in [0.15, 0.2) is 5.16 Å². The van der Waals surface area contributed by atoms with Gasteiger partial charge in [0.05, 0.1) is 24.3 Å². The molecule has 0 bridgehead atoms. The molecule has 1 aliphatic heterocycles. The fourth-order valence-electron chi connectivity index (χ4n) is 4.35. The van der Waals surface area contributed by atoms with Crippen LogP contribution in [0.2, 0.25) is 0 Å². The van der Waals surface area contributed by atoms with Crippen LogP contribution in [0.5, 0.6) is 5.75 Å². The standard InChI is InChI=1S/C23H26N2O3S2/c1-27-16-11-9-15(10-12-16)25-22(26)20-18-7-2-3-8-19(18)30-21(20)24-23(25)29-14-17-6-4-5-13-28-17/h9-12,17H,2-8,13-14H2,1H3. The third-order valence-corrected chi connectivity index (χ3v) is 8.22. The van der Waals surface area contributed by atoms with Crippen molar-refractivity contribution in [2.45, 2.75) is 56.2 Å². The van der Waals surface area contributed by atoms with Gasteiger partial charge in [-0.25, -0.2) is 4.98 Å². The van der Waals surface area contributed by atoms with Crippen molar-refractivity contribution in [3.05, 3.63) is 45.1 Å². The molecule has 0 spiro atoms. The van der Waals surface area contributed by atoms with Gasteiger partial charge < -0.3 is 9.47 Å². The van der Waals surface area contributed by atoms with Gasteiger partial charge >= 0.3 is 0 Å². The number of thiophene rings is 1. The van der Waals surface area contributed by atoms with E-state index in [1.165, 1.54) is 23.3 Å². The lowest BCUT2D eigenvalue weighted by molar-refractivity contribution is 0.0315. The first-order valence-electron chi connectivity index (χ1n) is 10.7. The minimum Gasteiger partial charge on any atom is -0.497 e. The van der Waals surface area contributed by atoms with E-state index in [2.05, 4.69) is 0 Å². The largest absolute Gasteiger partial charge is 0.497 e. The Morgan fingerprint density at radius 3 is 2.80 bits per heavy atom. The molecule has 0 saturated carbocycles. The van der Waals surface area contributed by atoms with Crippen LogP contribution in [-0.4, -0.2) is 35.1 Å². The average molecular weight is 443 g/mol. The Morgan fingerprint density at radius 1 is 1.20 bits per heavy atom. The van der Waals surface area contributed by atoms with E-state index in [1.807, 2.05) is 24.3 Å². The summed E-state index contributed by atoms with van der Waals surface area (Å²) < 4.78 is 13.0. The summed E-state index contributed by atoms with van der Waals surface area (Å²) in [6, 6.07) is 7.67. The highest BCUT2D eigenvalue weighted by atomic mass is 32.2. The average Bonchev–Trinajstić information content (AvgIpc) is 3.17. The second-order valence-corrected chi connectivity index (χ2v) is 9.99. The van der Waals surface area contributed by atoms with Crippen molar-refractivity contribution >= 4 is 33.3 Å². The van der Waals surface area contributed by atoms with Gasteiger partial charge in [-0.1, -0.05) is 11.8 Å². The van der Waals surface area contributed by atoms with Crippen molar-refractivity contribution in [1.82, 2.24) is 9.55 Å². The molecule has 2 aromatic heterocycles. The molecule has 7 heteroatoms. The Labute approximate surface area is 184 Å². The zero-order valence-corrected chi connectivity index (χ0v) is 18.8. The van der Waals surface area contributed by atoms with E-state index >= 15 is 0 Å². The monoisotopic (exact) mass is 442 g/mol. The molecule has 0 N–H and O–H groups in total. The van der Waals surface area contributed by atoms with Gasteiger partial charge in [-0.15, -0.1) is 11.3 Å². The molecular weight excluding hydrogens is 416 g/mol. The number of thioether (sulfide) groups is 1. The summed E-state index contributed by atoms with van der Waals surface area (Å²) >= 11 is 3.35. The molecule has 5 rings (SSSR count). The number of rotatable bonds is 5. The van der Waals surface area contributed by atoms with Crippen LogP contribution in [0.3, 0.4) is 0 Å². The smallest absolute Gasteiger partial charge is 0.267 e. The molecule has 30 heavy (non-hydrogen) atoms. The molecule has 1 aliphatic carbocycles. The van der Waals surface area contributed by atoms with Crippen LogP contribution >= 0.6 is 23.1 Å². The lowest BCUT2D eigenvalue weighted by Gasteiger charge is -2.22. The highest BCUT2D eigenvalue weighted by molar-refractivity contribution is 7.99. The van der Waals surface area contributed by atoms with Gasteiger partial charge in [-0.2, -0.15) is 0 Å². The van der Waals surface area contributed by atoms with E-state index < -0.39 is 0 Å². The molecule has 5 nitrogen and oxygen atoms in total. The Hall–Kier alpha value is -1.83. The summed E-state index contributed by atoms with van der Waals surface area (Å²) in [4.78, 5) is 21.0. The van der Waals surface area contributed by atoms with Gasteiger partial charge in [0, 0.05) is 17.2 Å².